The maximum atomic E-state index is 14.8. The standard InChI is InChI=1S/C73H105N23O21/c1-40(2)32-53(92-69(109)55-20-13-30-94(55)70(110)52(19-12-29-83-73(79)80)88-58(97)33-43-34-61(101)117-57-36-45(115-4)22-23-46(43)57)64(104)85-38-59(98)87-49(16-8-9-31-116-39-42-14-6-5-7-15-42)65(105)93-54(37-84-47-24-21-44(95(111)112)35-56(47)96(113)114)68(108)86-41(3)63(103)90-50(18-11-28-82-72(77)78)66(106)91-51(25-26-60(99)100)67(107)89-48(62(74)102)17-10-27-81-71(75)76/h5-7,14-15,21-24,34-36,40-41,48-55,84H,8-13,16-20,25-33,37-39H2,1-4H3,(H2,74,102)(H,85,104)(H,86,108)(H,87,98)(H,88,97)(H,89,107)(H,90,103)(H,91,106)(H,92,109)(H,93,105)(H,99,100)(H4,75,76,81)(H4,77,78,82)(H4,79,80,83)/t41-,48+,49-,50+,51-,52-,53-,54+,55+/m0/s1. The molecule has 1 aliphatic heterocycles. The summed E-state index contributed by atoms with van der Waals surface area (Å²) in [6.45, 7) is 3.63. The van der Waals surface area contributed by atoms with E-state index in [9.17, 15) is 87.7 Å². The van der Waals surface area contributed by atoms with Crippen LogP contribution in [0.5, 0.6) is 5.75 Å². The highest BCUT2D eigenvalue weighted by Gasteiger charge is 2.40. The minimum Gasteiger partial charge on any atom is -0.497 e. The third kappa shape index (κ3) is 33.0. The number of primary amides is 1. The van der Waals surface area contributed by atoms with Gasteiger partial charge in [-0.1, -0.05) is 44.2 Å². The van der Waals surface area contributed by atoms with Gasteiger partial charge >= 0.3 is 11.6 Å². The lowest BCUT2D eigenvalue weighted by molar-refractivity contribution is -0.393. The molecule has 3 aromatic carbocycles. The molecule has 0 spiro atoms. The van der Waals surface area contributed by atoms with Gasteiger partial charge in [0.1, 0.15) is 71.4 Å². The third-order valence-electron chi connectivity index (χ3n) is 18.2. The lowest BCUT2D eigenvalue weighted by Gasteiger charge is -2.30. The van der Waals surface area contributed by atoms with Crippen LogP contribution in [0.15, 0.2) is 82.0 Å². The van der Waals surface area contributed by atoms with Crippen LogP contribution in [0.2, 0.25) is 0 Å². The number of carboxylic acid groups (broad SMARTS) is 1. The third-order valence-corrected chi connectivity index (χ3v) is 18.2. The average molecular weight is 1640 g/mol. The number of fused-ring (bicyclic) bond motifs is 1. The Morgan fingerprint density at radius 3 is 1.76 bits per heavy atom. The van der Waals surface area contributed by atoms with Gasteiger partial charge in [0.15, 0.2) is 17.9 Å². The van der Waals surface area contributed by atoms with Gasteiger partial charge in [-0.2, -0.15) is 0 Å². The highest BCUT2D eigenvalue weighted by molar-refractivity contribution is 5.99. The molecule has 2 heterocycles. The van der Waals surface area contributed by atoms with E-state index >= 15 is 0 Å². The number of guanidine groups is 3. The van der Waals surface area contributed by atoms with Crippen molar-refractivity contribution in [1.29, 1.82) is 16.2 Å². The number of benzene rings is 3. The first kappa shape index (κ1) is 94.3. The van der Waals surface area contributed by atoms with Gasteiger partial charge in [-0.3, -0.25) is 94.0 Å². The van der Waals surface area contributed by atoms with E-state index in [-0.39, 0.29) is 145 Å². The monoisotopic (exact) mass is 1640 g/mol. The number of ether oxygens (including phenoxy) is 2. The number of rotatable bonds is 51. The lowest BCUT2D eigenvalue weighted by atomic mass is 10.0. The van der Waals surface area contributed by atoms with E-state index in [2.05, 4.69) is 69.1 Å². The van der Waals surface area contributed by atoms with Gasteiger partial charge in [-0.15, -0.1) is 0 Å². The minimum absolute atomic E-state index is 0.00195. The second kappa shape index (κ2) is 48.0. The van der Waals surface area contributed by atoms with E-state index in [0.717, 1.165) is 30.7 Å². The van der Waals surface area contributed by atoms with E-state index in [1.807, 2.05) is 30.3 Å². The number of hydrogen-bond donors (Lipinski definition) is 21. The molecule has 5 rings (SSSR count). The number of carbonyl (C=O) groups is 12. The number of hydrogen-bond acceptors (Lipinski definition) is 24. The number of nitrogens with one attached hydrogen (secondary N) is 16. The molecule has 1 aliphatic rings. The fraction of sp³-hybridized carbons (Fsp3) is 0.507. The highest BCUT2D eigenvalue weighted by Crippen LogP contribution is 2.30. The summed E-state index contributed by atoms with van der Waals surface area (Å²) in [6, 6.07) is 3.93. The number of nitrogens with zero attached hydrogens (tertiary/aromatic N) is 3. The van der Waals surface area contributed by atoms with Gasteiger partial charge in [-0.05, 0) is 126 Å². The Balaban J connectivity index is 1.39. The molecule has 9 atom stereocenters. The van der Waals surface area contributed by atoms with E-state index < -0.39 is 190 Å². The van der Waals surface area contributed by atoms with Crippen LogP contribution in [-0.4, -0.2) is 216 Å². The Kier molecular flexibility index (Phi) is 38.7. The van der Waals surface area contributed by atoms with Gasteiger partial charge in [0.05, 0.1) is 42.6 Å². The van der Waals surface area contributed by atoms with E-state index in [0.29, 0.717) is 23.6 Å². The van der Waals surface area contributed by atoms with Crippen LogP contribution in [0.25, 0.3) is 11.0 Å². The van der Waals surface area contributed by atoms with Crippen molar-refractivity contribution in [2.24, 2.45) is 28.9 Å². The van der Waals surface area contributed by atoms with Crippen LogP contribution in [0.1, 0.15) is 122 Å². The second-order valence-electron chi connectivity index (χ2n) is 27.9. The molecule has 0 unspecified atom stereocenters. The predicted molar refractivity (Wildman–Crippen MR) is 423 cm³/mol. The first-order valence-corrected chi connectivity index (χ1v) is 37.7. The molecular weight excluding hydrogens is 1530 g/mol. The maximum absolute atomic E-state index is 14.8. The SMILES string of the molecule is COc1ccc2c(CC(=O)N[C@@H](CCCNC(=N)N)C(=O)N3CCC[C@@H]3C(=O)N[C@@H](CC(C)C)C(=O)NCC(=O)N[C@@H](CCCCOCc3ccccc3)C(=O)N[C@H](CNc3ccc([N+](=O)[O-])cc3[N+](=O)[O-])C(=O)N[C@@H](C)C(=O)N[C@H](CCCNC(=N)N)C(=O)N[C@@H](CCC(=O)O)C(=O)N[C@H](CCCNC(=N)N)C(N)=O)cc(=O)oc2c1. The Bertz CT molecular complexity index is 4260. The molecule has 1 saturated heterocycles. The zero-order valence-electron chi connectivity index (χ0n) is 65.2. The predicted octanol–water partition coefficient (Wildman–Crippen LogP) is -2.15. The molecule has 44 heteroatoms. The van der Waals surface area contributed by atoms with Crippen molar-refractivity contribution in [3.05, 3.63) is 115 Å². The number of likely N-dealkylation sites (tertiary alicyclic amines) is 1. The average Bonchev–Trinajstić information content (AvgIpc) is 1.63. The summed E-state index contributed by atoms with van der Waals surface area (Å²) in [4.78, 5) is 203. The fourth-order valence-electron chi connectivity index (χ4n) is 12.3. The summed E-state index contributed by atoms with van der Waals surface area (Å²) < 4.78 is 16.4. The first-order valence-electron chi connectivity index (χ1n) is 37.7. The van der Waals surface area contributed by atoms with Crippen molar-refractivity contribution in [3.63, 3.8) is 0 Å². The summed E-state index contributed by atoms with van der Waals surface area (Å²) >= 11 is 0. The van der Waals surface area contributed by atoms with Crippen molar-refractivity contribution < 1.29 is 86.4 Å². The summed E-state index contributed by atoms with van der Waals surface area (Å²) in [7, 11) is 1.42. The number of nitro groups is 2. The second-order valence-corrected chi connectivity index (χ2v) is 27.9. The molecule has 0 radical (unpaired) electrons. The number of unbranched alkanes of at least 4 members (excludes halogenated alkanes) is 1. The summed E-state index contributed by atoms with van der Waals surface area (Å²) in [5.41, 5.74) is 20.4. The van der Waals surface area contributed by atoms with Crippen LogP contribution >= 0.6 is 0 Å². The molecule has 0 aliphatic carbocycles. The van der Waals surface area contributed by atoms with Gasteiger partial charge in [-0.25, -0.2) is 4.79 Å². The zero-order valence-corrected chi connectivity index (χ0v) is 65.2. The number of carboxylic acids is 1. The van der Waals surface area contributed by atoms with Crippen molar-refractivity contribution in [2.45, 2.75) is 178 Å². The smallest absolute Gasteiger partial charge is 0.336 e. The molecule has 4 aromatic rings. The summed E-state index contributed by atoms with van der Waals surface area (Å²) in [5.74, 6) is -12.9. The lowest BCUT2D eigenvalue weighted by Crippen LogP contribution is -2.60. The number of aliphatic carboxylic acids is 1. The van der Waals surface area contributed by atoms with Gasteiger partial charge in [0.25, 0.3) is 11.4 Å². The Morgan fingerprint density at radius 2 is 1.17 bits per heavy atom. The minimum atomic E-state index is -1.89. The number of anilines is 1. The highest BCUT2D eigenvalue weighted by atomic mass is 16.6. The molecule has 44 nitrogen and oxygen atoms in total. The molecule has 0 bridgehead atoms. The van der Waals surface area contributed by atoms with Crippen molar-refractivity contribution >= 4 is 117 Å². The Morgan fingerprint density at radius 1 is 0.607 bits per heavy atom. The molecule has 117 heavy (non-hydrogen) atoms. The Hall–Kier alpha value is -13.3. The molecule has 25 N–H and O–H groups in total. The molecule has 638 valence electrons. The van der Waals surface area contributed by atoms with E-state index in [1.54, 1.807) is 26.0 Å². The normalized spacial score (nSPS) is 14.3. The molecule has 1 aromatic heterocycles. The topological polar surface area (TPSA) is 695 Å². The van der Waals surface area contributed by atoms with Crippen molar-refractivity contribution in [2.75, 3.05) is 58.3 Å². The summed E-state index contributed by atoms with van der Waals surface area (Å²) in [5, 5.41) is 89.5. The number of non-ortho nitro benzene ring substituents is 1. The van der Waals surface area contributed by atoms with Gasteiger partial charge < -0.3 is 116 Å². The van der Waals surface area contributed by atoms with Crippen molar-refractivity contribution in [1.82, 2.24) is 68.7 Å². The quantitative estimate of drug-likeness (QED) is 0.00560. The number of amides is 11. The van der Waals surface area contributed by atoms with Crippen LogP contribution < -0.4 is 102 Å². The van der Waals surface area contributed by atoms with Gasteiger partial charge in [0, 0.05) is 69.3 Å². The van der Waals surface area contributed by atoms with Gasteiger partial charge in [0.2, 0.25) is 65.0 Å². The van der Waals surface area contributed by atoms with E-state index in [4.69, 9.17) is 53.1 Å². The molecule has 11 amide bonds. The van der Waals surface area contributed by atoms with Crippen molar-refractivity contribution in [3.8, 4) is 5.75 Å². The molecule has 0 saturated carbocycles. The number of nitro benzene ring substituents is 2. The van der Waals surface area contributed by atoms with E-state index in [1.165, 1.54) is 18.1 Å². The Labute approximate surface area is 671 Å². The first-order chi connectivity index (χ1) is 55.5. The number of carbonyl (C=O) groups excluding carboxylic acids is 11. The van der Waals surface area contributed by atoms with Crippen LogP contribution in [0, 0.1) is 42.4 Å². The maximum Gasteiger partial charge on any atom is 0.336 e. The number of methoxy groups -OCH3 is 1. The van der Waals surface area contributed by atoms with Crippen LogP contribution in [0.3, 0.4) is 0 Å². The largest absolute Gasteiger partial charge is 0.497 e. The molecule has 1 fully saturated rings. The number of nitrogens with two attached hydrogens (primary N) is 4. The van der Waals surface area contributed by atoms with Crippen LogP contribution in [0.4, 0.5) is 17.1 Å². The van der Waals surface area contributed by atoms with Crippen LogP contribution in [-0.2, 0) is 75.3 Å². The molecular formula is C73H105N23O21. The fourth-order valence-corrected chi connectivity index (χ4v) is 12.3. The zero-order chi connectivity index (χ0) is 86.4. The summed E-state index contributed by atoms with van der Waals surface area (Å²) in [6.07, 6.45) is -0.929.